The van der Waals surface area contributed by atoms with Crippen LogP contribution in [0.1, 0.15) is 19.0 Å². The van der Waals surface area contributed by atoms with E-state index >= 15 is 0 Å². The smallest absolute Gasteiger partial charge is 0.317 e. The lowest BCUT2D eigenvalue weighted by molar-refractivity contribution is 0.0710. The number of urea groups is 1. The van der Waals surface area contributed by atoms with Gasteiger partial charge in [-0.2, -0.15) is 0 Å². The number of rotatable bonds is 3. The number of aromatic nitrogens is 2. The Morgan fingerprint density at radius 2 is 2.61 bits per heavy atom. The van der Waals surface area contributed by atoms with Gasteiger partial charge >= 0.3 is 6.03 Å². The molecule has 0 aliphatic carbocycles. The highest BCUT2D eigenvalue weighted by Crippen LogP contribution is 2.05. The van der Waals surface area contributed by atoms with Crippen LogP contribution in [0.15, 0.2) is 12.5 Å². The Labute approximate surface area is 107 Å². The second-order valence-electron chi connectivity index (χ2n) is 4.54. The van der Waals surface area contributed by atoms with Gasteiger partial charge in [-0.3, -0.25) is 0 Å². The van der Waals surface area contributed by atoms with E-state index in [2.05, 4.69) is 15.3 Å². The van der Waals surface area contributed by atoms with Gasteiger partial charge in [0.15, 0.2) is 0 Å². The number of carbonyl (C=O) groups excluding carboxylic acids is 1. The predicted molar refractivity (Wildman–Crippen MR) is 67.3 cm³/mol. The minimum atomic E-state index is -0.00753. The normalized spacial score (nSPS) is 20.5. The van der Waals surface area contributed by atoms with Crippen LogP contribution in [0.25, 0.3) is 0 Å². The SMILES string of the molecule is C[C@@H]1CN(C(=O)NCCc2cnc[nH]2)CCCO1. The Kier molecular flexibility index (Phi) is 4.58. The van der Waals surface area contributed by atoms with Gasteiger partial charge in [-0.05, 0) is 13.3 Å². The average molecular weight is 252 g/mol. The number of imidazole rings is 1. The number of amides is 2. The lowest BCUT2D eigenvalue weighted by atomic mass is 10.3. The molecule has 1 aromatic heterocycles. The van der Waals surface area contributed by atoms with Crippen molar-refractivity contribution in [1.29, 1.82) is 0 Å². The Bertz CT molecular complexity index is 366. The number of hydrogen-bond donors (Lipinski definition) is 2. The zero-order valence-electron chi connectivity index (χ0n) is 10.7. The van der Waals surface area contributed by atoms with E-state index in [1.54, 1.807) is 12.5 Å². The number of ether oxygens (including phenoxy) is 1. The van der Waals surface area contributed by atoms with Crippen LogP contribution in [0.2, 0.25) is 0 Å². The molecule has 0 saturated carbocycles. The fourth-order valence-electron chi connectivity index (χ4n) is 2.02. The number of hydrogen-bond acceptors (Lipinski definition) is 3. The van der Waals surface area contributed by atoms with E-state index in [0.29, 0.717) is 13.1 Å². The third kappa shape index (κ3) is 3.73. The van der Waals surface area contributed by atoms with Crippen molar-refractivity contribution in [3.63, 3.8) is 0 Å². The van der Waals surface area contributed by atoms with E-state index in [9.17, 15) is 4.79 Å². The second kappa shape index (κ2) is 6.39. The molecule has 2 heterocycles. The highest BCUT2D eigenvalue weighted by atomic mass is 16.5. The number of carbonyl (C=O) groups is 1. The van der Waals surface area contributed by atoms with Gasteiger partial charge in [-0.25, -0.2) is 9.78 Å². The molecule has 18 heavy (non-hydrogen) atoms. The first kappa shape index (κ1) is 12.9. The third-order valence-electron chi connectivity index (χ3n) is 2.96. The van der Waals surface area contributed by atoms with Crippen molar-refractivity contribution >= 4 is 6.03 Å². The predicted octanol–water partition coefficient (Wildman–Crippen LogP) is 0.773. The first-order chi connectivity index (χ1) is 8.75. The van der Waals surface area contributed by atoms with E-state index in [-0.39, 0.29) is 12.1 Å². The van der Waals surface area contributed by atoms with Crippen molar-refractivity contribution in [2.75, 3.05) is 26.2 Å². The van der Waals surface area contributed by atoms with Gasteiger partial charge in [0, 0.05) is 44.6 Å². The van der Waals surface area contributed by atoms with Gasteiger partial charge in [-0.15, -0.1) is 0 Å². The molecular formula is C12H20N4O2. The van der Waals surface area contributed by atoms with Crippen LogP contribution in [0.4, 0.5) is 4.79 Å². The molecule has 1 saturated heterocycles. The summed E-state index contributed by atoms with van der Waals surface area (Å²) < 4.78 is 5.51. The molecule has 1 aromatic rings. The van der Waals surface area contributed by atoms with E-state index < -0.39 is 0 Å². The summed E-state index contributed by atoms with van der Waals surface area (Å²) in [6, 6.07) is -0.00753. The maximum absolute atomic E-state index is 12.0. The monoisotopic (exact) mass is 252 g/mol. The number of nitrogens with zero attached hydrogens (tertiary/aromatic N) is 2. The third-order valence-corrected chi connectivity index (χ3v) is 2.96. The quantitative estimate of drug-likeness (QED) is 0.835. The first-order valence-corrected chi connectivity index (χ1v) is 6.37. The summed E-state index contributed by atoms with van der Waals surface area (Å²) >= 11 is 0. The minimum absolute atomic E-state index is 0.00753. The van der Waals surface area contributed by atoms with E-state index in [1.807, 2.05) is 11.8 Å². The first-order valence-electron chi connectivity index (χ1n) is 6.37. The topological polar surface area (TPSA) is 70.2 Å². The maximum Gasteiger partial charge on any atom is 0.317 e. The molecule has 0 bridgehead atoms. The molecule has 100 valence electrons. The van der Waals surface area contributed by atoms with E-state index in [4.69, 9.17) is 4.74 Å². The molecule has 0 aromatic carbocycles. The van der Waals surface area contributed by atoms with Crippen LogP contribution in [0.3, 0.4) is 0 Å². The molecule has 2 amide bonds. The molecule has 0 radical (unpaired) electrons. The summed E-state index contributed by atoms with van der Waals surface area (Å²) in [5, 5.41) is 2.92. The molecular weight excluding hydrogens is 232 g/mol. The summed E-state index contributed by atoms with van der Waals surface area (Å²) in [5.74, 6) is 0. The highest BCUT2D eigenvalue weighted by Gasteiger charge is 2.19. The summed E-state index contributed by atoms with van der Waals surface area (Å²) in [5.41, 5.74) is 1.03. The molecule has 1 fully saturated rings. The van der Waals surface area contributed by atoms with Crippen molar-refractivity contribution in [3.05, 3.63) is 18.2 Å². The van der Waals surface area contributed by atoms with Gasteiger partial charge in [0.25, 0.3) is 0 Å². The van der Waals surface area contributed by atoms with Gasteiger partial charge in [0.05, 0.1) is 12.4 Å². The van der Waals surface area contributed by atoms with Crippen LogP contribution in [0.5, 0.6) is 0 Å². The van der Waals surface area contributed by atoms with E-state index in [0.717, 1.165) is 31.7 Å². The van der Waals surface area contributed by atoms with Gasteiger partial charge in [-0.1, -0.05) is 0 Å². The van der Waals surface area contributed by atoms with Gasteiger partial charge in [0.1, 0.15) is 0 Å². The summed E-state index contributed by atoms with van der Waals surface area (Å²) in [4.78, 5) is 20.7. The second-order valence-corrected chi connectivity index (χ2v) is 4.54. The molecule has 6 nitrogen and oxygen atoms in total. The molecule has 1 atom stereocenters. The Morgan fingerprint density at radius 3 is 3.39 bits per heavy atom. The lowest BCUT2D eigenvalue weighted by Gasteiger charge is -2.22. The molecule has 0 spiro atoms. The number of nitrogens with one attached hydrogen (secondary N) is 2. The van der Waals surface area contributed by atoms with E-state index in [1.165, 1.54) is 0 Å². The Hall–Kier alpha value is -1.56. The zero-order valence-corrected chi connectivity index (χ0v) is 10.7. The van der Waals surface area contributed by atoms with Crippen LogP contribution < -0.4 is 5.32 Å². The average Bonchev–Trinajstić information content (AvgIpc) is 2.77. The number of H-pyrrole nitrogens is 1. The zero-order chi connectivity index (χ0) is 12.8. The molecule has 1 aliphatic rings. The van der Waals surface area contributed by atoms with Crippen LogP contribution in [0, 0.1) is 0 Å². The van der Waals surface area contributed by atoms with Crippen molar-refractivity contribution < 1.29 is 9.53 Å². The molecule has 0 unspecified atom stereocenters. The molecule has 1 aliphatic heterocycles. The van der Waals surface area contributed by atoms with Crippen molar-refractivity contribution in [3.8, 4) is 0 Å². The summed E-state index contributed by atoms with van der Waals surface area (Å²) in [6.07, 6.45) is 5.20. The van der Waals surface area contributed by atoms with Gasteiger partial charge < -0.3 is 19.9 Å². The van der Waals surface area contributed by atoms with Crippen molar-refractivity contribution in [2.45, 2.75) is 25.9 Å². The Morgan fingerprint density at radius 1 is 1.72 bits per heavy atom. The minimum Gasteiger partial charge on any atom is -0.377 e. The molecule has 2 N–H and O–H groups in total. The van der Waals surface area contributed by atoms with Crippen LogP contribution in [-0.2, 0) is 11.2 Å². The van der Waals surface area contributed by atoms with Crippen LogP contribution >= 0.6 is 0 Å². The fraction of sp³-hybridized carbons (Fsp3) is 0.667. The molecule has 2 rings (SSSR count). The standard InChI is InChI=1S/C12H20N4O2/c1-10-8-16(5-2-6-18-10)12(17)14-4-3-11-7-13-9-15-11/h7,9-10H,2-6,8H2,1H3,(H,13,15)(H,14,17)/t10-/m1/s1. The lowest BCUT2D eigenvalue weighted by Crippen LogP contribution is -2.43. The fourth-order valence-corrected chi connectivity index (χ4v) is 2.02. The Balaban J connectivity index is 1.73. The number of aromatic amines is 1. The molecule has 6 heteroatoms. The van der Waals surface area contributed by atoms with Gasteiger partial charge in [0.2, 0.25) is 0 Å². The largest absolute Gasteiger partial charge is 0.377 e. The van der Waals surface area contributed by atoms with Crippen LogP contribution in [-0.4, -0.2) is 53.2 Å². The maximum atomic E-state index is 12.0. The van der Waals surface area contributed by atoms with Crippen molar-refractivity contribution in [2.24, 2.45) is 0 Å². The summed E-state index contributed by atoms with van der Waals surface area (Å²) in [6.45, 7) is 4.78. The van der Waals surface area contributed by atoms with Crippen molar-refractivity contribution in [1.82, 2.24) is 20.2 Å². The summed E-state index contributed by atoms with van der Waals surface area (Å²) in [7, 11) is 0. The highest BCUT2D eigenvalue weighted by molar-refractivity contribution is 5.74.